The van der Waals surface area contributed by atoms with Gasteiger partial charge in [0.05, 0.1) is 5.59 Å². The highest BCUT2D eigenvalue weighted by Gasteiger charge is 2.47. The van der Waals surface area contributed by atoms with Gasteiger partial charge >= 0.3 is 0 Å². The van der Waals surface area contributed by atoms with Gasteiger partial charge in [-0.15, -0.1) is 0 Å². The minimum Gasteiger partial charge on any atom is -0.311 e. The second kappa shape index (κ2) is 15.6. The van der Waals surface area contributed by atoms with Crippen LogP contribution in [0.4, 0.5) is 33.4 Å². The zero-order chi connectivity index (χ0) is 48.7. The molecule has 68 heavy (non-hydrogen) atoms. The normalized spacial score (nSPS) is 16.3. The molecule has 3 aliphatic rings. The first-order valence-corrected chi connectivity index (χ1v) is 25.9. The molecule has 0 unspecified atom stereocenters. The maximum Gasteiger partial charge on any atom is 0.276 e. The molecule has 10 rings (SSSR count). The van der Waals surface area contributed by atoms with Crippen molar-refractivity contribution >= 4 is 68.0 Å². The van der Waals surface area contributed by atoms with Crippen molar-refractivity contribution < 1.29 is 0 Å². The summed E-state index contributed by atoms with van der Waals surface area (Å²) in [7, 11) is 0. The molecule has 0 atom stereocenters. The summed E-state index contributed by atoms with van der Waals surface area (Å²) in [5.74, 6) is 0. The topological polar surface area (TPSA) is 19.4 Å². The lowest BCUT2D eigenvalue weighted by atomic mass is 9.35. The van der Waals surface area contributed by atoms with Gasteiger partial charge in [0.25, 0.3) is 6.71 Å². The summed E-state index contributed by atoms with van der Waals surface area (Å²) in [6.07, 6.45) is 2.35. The zero-order valence-corrected chi connectivity index (χ0v) is 44.6. The Morgan fingerprint density at radius 1 is 0.456 bits per heavy atom. The molecule has 0 N–H and O–H groups in total. The highest BCUT2D eigenvalue weighted by Crippen LogP contribution is 2.52. The highest BCUT2D eigenvalue weighted by molar-refractivity contribution is 7.22. The van der Waals surface area contributed by atoms with Crippen LogP contribution in [0.5, 0.6) is 0 Å². The van der Waals surface area contributed by atoms with Gasteiger partial charge in [-0.25, -0.2) is 4.98 Å². The van der Waals surface area contributed by atoms with E-state index in [1.807, 2.05) is 11.3 Å². The van der Waals surface area contributed by atoms with Crippen LogP contribution in [0.25, 0.3) is 21.7 Å². The van der Waals surface area contributed by atoms with E-state index in [1.54, 1.807) is 0 Å². The fourth-order valence-electron chi connectivity index (χ4n) is 11.0. The standard InChI is InChI=1S/C63H72BN3S/c1-58(2,3)42-23-21-40(22-24-42)39-17-19-41(20-18-39)56-65-55-57(68-56)67(47-30-31-48-49(38-47)63(15,16)34-33-62(48,13)14)53-37-45(61(10,11)12)36-52-54(53)64(55)50-35-44(60(7,8)9)27-32-51(50)66(52)46-28-25-43(26-29-46)59(4,5)6/h17-32,35-38H,33-34H2,1-16H3. The summed E-state index contributed by atoms with van der Waals surface area (Å²) in [6.45, 7) is 37.5. The first-order chi connectivity index (χ1) is 31.7. The third kappa shape index (κ3) is 7.85. The molecule has 6 aromatic carbocycles. The Morgan fingerprint density at radius 3 is 1.49 bits per heavy atom. The van der Waals surface area contributed by atoms with Crippen molar-refractivity contribution in [1.82, 2.24) is 4.98 Å². The van der Waals surface area contributed by atoms with Crippen LogP contribution in [0.3, 0.4) is 0 Å². The third-order valence-corrected chi connectivity index (χ3v) is 16.7. The summed E-state index contributed by atoms with van der Waals surface area (Å²) in [5.41, 5.74) is 21.9. The molecule has 5 heteroatoms. The summed E-state index contributed by atoms with van der Waals surface area (Å²) >= 11 is 1.85. The number of rotatable bonds is 4. The second-order valence-electron chi connectivity index (χ2n) is 25.7. The van der Waals surface area contributed by atoms with E-state index in [9.17, 15) is 0 Å². The molecule has 0 spiro atoms. The predicted octanol–water partition coefficient (Wildman–Crippen LogP) is 16.1. The van der Waals surface area contributed by atoms with Gasteiger partial charge in [-0.05, 0) is 143 Å². The molecule has 348 valence electrons. The smallest absolute Gasteiger partial charge is 0.276 e. The summed E-state index contributed by atoms with van der Waals surface area (Å²) in [6, 6.07) is 47.4. The molecule has 0 saturated heterocycles. The fourth-order valence-corrected chi connectivity index (χ4v) is 12.1. The number of benzene rings is 6. The quantitative estimate of drug-likeness (QED) is 0.164. The van der Waals surface area contributed by atoms with E-state index in [0.29, 0.717) is 0 Å². The maximum absolute atomic E-state index is 5.86. The van der Waals surface area contributed by atoms with Crippen LogP contribution in [-0.4, -0.2) is 11.7 Å². The Balaban J connectivity index is 1.24. The second-order valence-corrected chi connectivity index (χ2v) is 26.7. The molecule has 0 saturated carbocycles. The van der Waals surface area contributed by atoms with Crippen LogP contribution in [0, 0.1) is 0 Å². The lowest BCUT2D eigenvalue weighted by Gasteiger charge is -2.45. The minimum atomic E-state index is -0.110. The van der Waals surface area contributed by atoms with Gasteiger partial charge in [0.15, 0.2) is 0 Å². The van der Waals surface area contributed by atoms with Crippen LogP contribution in [0.2, 0.25) is 0 Å². The Morgan fingerprint density at radius 2 is 0.926 bits per heavy atom. The SMILES string of the molecule is CC(C)(C)c1ccc(-c2ccc(-c3nc4c(s3)N(c3ccc5c(c3)C(C)(C)CCC5(C)C)c3cc(C(C)(C)C)cc5c3B4c3cc(C(C)(C)C)ccc3N5c3ccc(C(C)(C)C)cc3)cc2)cc1. The number of hydrogen-bond acceptors (Lipinski definition) is 4. The number of anilines is 6. The van der Waals surface area contributed by atoms with Gasteiger partial charge in [-0.1, -0.05) is 201 Å². The highest BCUT2D eigenvalue weighted by atomic mass is 32.1. The van der Waals surface area contributed by atoms with Crippen molar-refractivity contribution in [1.29, 1.82) is 0 Å². The molecule has 0 bridgehead atoms. The molecule has 1 aliphatic carbocycles. The maximum atomic E-state index is 5.86. The van der Waals surface area contributed by atoms with E-state index >= 15 is 0 Å². The lowest BCUT2D eigenvalue weighted by molar-refractivity contribution is 0.332. The van der Waals surface area contributed by atoms with E-state index in [1.165, 1.54) is 95.3 Å². The van der Waals surface area contributed by atoms with E-state index in [0.717, 1.165) is 22.6 Å². The molecule has 0 fully saturated rings. The van der Waals surface area contributed by atoms with E-state index in [-0.39, 0.29) is 39.2 Å². The Bertz CT molecular complexity index is 3090. The van der Waals surface area contributed by atoms with Crippen molar-refractivity contribution in [3.05, 3.63) is 155 Å². The predicted molar refractivity (Wildman–Crippen MR) is 297 cm³/mol. The molecule has 2 aliphatic heterocycles. The fraction of sp³-hybridized carbons (Fsp3) is 0.381. The zero-order valence-electron chi connectivity index (χ0n) is 43.8. The molecule has 0 radical (unpaired) electrons. The monoisotopic (exact) mass is 914 g/mol. The van der Waals surface area contributed by atoms with Crippen molar-refractivity contribution in [2.45, 2.75) is 156 Å². The van der Waals surface area contributed by atoms with Crippen molar-refractivity contribution in [2.24, 2.45) is 0 Å². The van der Waals surface area contributed by atoms with Crippen LogP contribution in [0.1, 0.15) is 157 Å². The van der Waals surface area contributed by atoms with E-state index in [2.05, 4.69) is 242 Å². The third-order valence-electron chi connectivity index (χ3n) is 15.6. The number of aromatic nitrogens is 1. The number of nitrogens with zero attached hydrogens (tertiary/aromatic N) is 3. The number of hydrogen-bond donors (Lipinski definition) is 0. The van der Waals surface area contributed by atoms with Gasteiger partial charge in [0, 0.05) is 34.0 Å². The minimum absolute atomic E-state index is 0.0390. The van der Waals surface area contributed by atoms with Gasteiger partial charge in [0.1, 0.15) is 10.0 Å². The van der Waals surface area contributed by atoms with Crippen molar-refractivity contribution in [3.63, 3.8) is 0 Å². The average Bonchev–Trinajstić information content (AvgIpc) is 3.71. The molecule has 3 heterocycles. The molecule has 7 aromatic rings. The van der Waals surface area contributed by atoms with Gasteiger partial charge in [-0.2, -0.15) is 0 Å². The molecular formula is C63H72BN3S. The average molecular weight is 914 g/mol. The summed E-state index contributed by atoms with van der Waals surface area (Å²) in [4.78, 5) is 11.0. The molecule has 1 aromatic heterocycles. The lowest BCUT2D eigenvalue weighted by Crippen LogP contribution is -2.62. The summed E-state index contributed by atoms with van der Waals surface area (Å²) in [5, 5.41) is 2.26. The van der Waals surface area contributed by atoms with Crippen molar-refractivity contribution in [2.75, 3.05) is 9.80 Å². The van der Waals surface area contributed by atoms with E-state index in [4.69, 9.17) is 4.98 Å². The Hall–Kier alpha value is -5.39. The number of fused-ring (bicyclic) bond motifs is 5. The van der Waals surface area contributed by atoms with Gasteiger partial charge in [-0.3, -0.25) is 0 Å². The van der Waals surface area contributed by atoms with E-state index < -0.39 is 0 Å². The molecule has 0 amide bonds. The largest absolute Gasteiger partial charge is 0.311 e. The van der Waals surface area contributed by atoms with Crippen LogP contribution < -0.4 is 26.3 Å². The Kier molecular flexibility index (Phi) is 10.6. The molecular weight excluding hydrogens is 842 g/mol. The van der Waals surface area contributed by atoms with Crippen LogP contribution >= 0.6 is 11.3 Å². The van der Waals surface area contributed by atoms with Gasteiger partial charge in [0.2, 0.25) is 0 Å². The van der Waals surface area contributed by atoms with Crippen LogP contribution in [0.15, 0.2) is 121 Å². The number of thiazole rings is 1. The van der Waals surface area contributed by atoms with Crippen molar-refractivity contribution in [3.8, 4) is 21.7 Å². The summed E-state index contributed by atoms with van der Waals surface area (Å²) < 4.78 is 0. The Labute approximate surface area is 413 Å². The van der Waals surface area contributed by atoms with Gasteiger partial charge < -0.3 is 9.80 Å². The first kappa shape index (κ1) is 46.3. The first-order valence-electron chi connectivity index (χ1n) is 25.1. The van der Waals surface area contributed by atoms with Crippen LogP contribution in [-0.2, 0) is 32.5 Å². The molecule has 3 nitrogen and oxygen atoms in total.